The first-order valence-corrected chi connectivity index (χ1v) is 8.47. The van der Waals surface area contributed by atoms with E-state index in [9.17, 15) is 18.0 Å². The number of benzene rings is 1. The molecule has 0 saturated carbocycles. The number of ether oxygens (including phenoxy) is 1. The van der Waals surface area contributed by atoms with Crippen molar-refractivity contribution in [2.75, 3.05) is 18.5 Å². The second kappa shape index (κ2) is 9.43. The van der Waals surface area contributed by atoms with Gasteiger partial charge in [0.1, 0.15) is 6.61 Å². The number of amides is 1. The minimum atomic E-state index is -4.38. The van der Waals surface area contributed by atoms with Gasteiger partial charge in [0.25, 0.3) is 0 Å². The first-order valence-electron chi connectivity index (χ1n) is 7.48. The second-order valence-corrected chi connectivity index (χ2v) is 6.19. The number of nitrogens with zero attached hydrogens (tertiary/aromatic N) is 1. The fourth-order valence-corrected chi connectivity index (χ4v) is 2.69. The molecule has 25 heavy (non-hydrogen) atoms. The molecule has 0 radical (unpaired) electrons. The standard InChI is InChI=1S/C17H17F3N2O2S/c18-17(19,20)12-24-9-7-16(23)22-14-3-5-15(6-4-14)25-11-13-2-1-8-21-10-13/h1-6,8,10H,7,9,11-12H2,(H,22,23). The number of pyridine rings is 1. The summed E-state index contributed by atoms with van der Waals surface area (Å²) in [4.78, 5) is 16.7. The van der Waals surface area contributed by atoms with Crippen molar-refractivity contribution in [2.24, 2.45) is 0 Å². The van der Waals surface area contributed by atoms with Crippen molar-refractivity contribution in [2.45, 2.75) is 23.2 Å². The minimum absolute atomic E-state index is 0.131. The molecule has 0 spiro atoms. The van der Waals surface area contributed by atoms with Gasteiger partial charge < -0.3 is 10.1 Å². The summed E-state index contributed by atoms with van der Waals surface area (Å²) in [5.74, 6) is 0.397. The van der Waals surface area contributed by atoms with Gasteiger partial charge in [-0.1, -0.05) is 6.07 Å². The van der Waals surface area contributed by atoms with Crippen LogP contribution in [-0.2, 0) is 15.3 Å². The zero-order valence-electron chi connectivity index (χ0n) is 13.3. The lowest BCUT2D eigenvalue weighted by molar-refractivity contribution is -0.174. The Morgan fingerprint density at radius 3 is 2.60 bits per heavy atom. The maximum atomic E-state index is 11.9. The Labute approximate surface area is 147 Å². The average Bonchev–Trinajstić information content (AvgIpc) is 2.58. The van der Waals surface area contributed by atoms with E-state index in [2.05, 4.69) is 15.0 Å². The molecule has 2 aromatic rings. The lowest BCUT2D eigenvalue weighted by Gasteiger charge is -2.08. The topological polar surface area (TPSA) is 51.2 Å². The number of carbonyl (C=O) groups excluding carboxylic acids is 1. The average molecular weight is 370 g/mol. The van der Waals surface area contributed by atoms with Gasteiger partial charge in [-0.3, -0.25) is 9.78 Å². The van der Waals surface area contributed by atoms with E-state index in [4.69, 9.17) is 0 Å². The molecule has 1 amide bonds. The van der Waals surface area contributed by atoms with E-state index in [0.29, 0.717) is 5.69 Å². The largest absolute Gasteiger partial charge is 0.411 e. The molecule has 0 fully saturated rings. The predicted molar refractivity (Wildman–Crippen MR) is 90.4 cm³/mol. The molecule has 0 aliphatic rings. The molecule has 2 rings (SSSR count). The van der Waals surface area contributed by atoms with Gasteiger partial charge >= 0.3 is 6.18 Å². The van der Waals surface area contributed by atoms with Crippen LogP contribution >= 0.6 is 11.8 Å². The van der Waals surface area contributed by atoms with Crippen molar-refractivity contribution < 1.29 is 22.7 Å². The summed E-state index contributed by atoms with van der Waals surface area (Å²) < 4.78 is 40.1. The van der Waals surface area contributed by atoms with Gasteiger partial charge in [0.15, 0.2) is 0 Å². The Hall–Kier alpha value is -2.06. The first-order chi connectivity index (χ1) is 11.9. The highest BCUT2D eigenvalue weighted by atomic mass is 32.2. The molecule has 8 heteroatoms. The highest BCUT2D eigenvalue weighted by molar-refractivity contribution is 7.98. The second-order valence-electron chi connectivity index (χ2n) is 5.14. The number of thioether (sulfide) groups is 1. The Balaban J connectivity index is 1.71. The third-order valence-electron chi connectivity index (χ3n) is 3.01. The number of carbonyl (C=O) groups is 1. The fourth-order valence-electron chi connectivity index (χ4n) is 1.86. The number of anilines is 1. The molecular weight excluding hydrogens is 353 g/mol. The number of alkyl halides is 3. The molecule has 0 aliphatic carbocycles. The Morgan fingerprint density at radius 1 is 1.20 bits per heavy atom. The summed E-state index contributed by atoms with van der Waals surface area (Å²) in [5.41, 5.74) is 1.70. The number of halogens is 3. The maximum Gasteiger partial charge on any atom is 0.411 e. The summed E-state index contributed by atoms with van der Waals surface area (Å²) in [6.45, 7) is -1.62. The zero-order chi connectivity index (χ0) is 18.1. The van der Waals surface area contributed by atoms with Crippen molar-refractivity contribution in [3.8, 4) is 0 Å². The lowest BCUT2D eigenvalue weighted by atomic mass is 10.3. The monoisotopic (exact) mass is 370 g/mol. The third-order valence-corrected chi connectivity index (χ3v) is 4.09. The van der Waals surface area contributed by atoms with E-state index < -0.39 is 18.7 Å². The summed E-state index contributed by atoms with van der Waals surface area (Å²) in [6, 6.07) is 11.1. The molecular formula is C17H17F3N2O2S. The molecule has 0 aliphatic heterocycles. The van der Waals surface area contributed by atoms with Crippen molar-refractivity contribution in [1.29, 1.82) is 0 Å². The van der Waals surface area contributed by atoms with Gasteiger partial charge in [-0.15, -0.1) is 11.8 Å². The molecule has 0 unspecified atom stereocenters. The zero-order valence-corrected chi connectivity index (χ0v) is 14.1. The van der Waals surface area contributed by atoms with E-state index in [-0.39, 0.29) is 13.0 Å². The highest BCUT2D eigenvalue weighted by Gasteiger charge is 2.27. The first kappa shape index (κ1) is 19.3. The summed E-state index contributed by atoms with van der Waals surface area (Å²) in [5, 5.41) is 2.62. The summed E-state index contributed by atoms with van der Waals surface area (Å²) in [7, 11) is 0. The normalized spacial score (nSPS) is 11.3. The van der Waals surface area contributed by atoms with Crippen LogP contribution in [-0.4, -0.2) is 30.3 Å². The molecule has 0 bridgehead atoms. The predicted octanol–water partition coefficient (Wildman–Crippen LogP) is 4.28. The van der Waals surface area contributed by atoms with Gasteiger partial charge in [-0.05, 0) is 35.9 Å². The quantitative estimate of drug-likeness (QED) is 0.557. The number of hydrogen-bond acceptors (Lipinski definition) is 4. The summed E-state index contributed by atoms with van der Waals surface area (Å²) in [6.07, 6.45) is -0.977. The van der Waals surface area contributed by atoms with Crippen LogP contribution in [0.15, 0.2) is 53.7 Å². The Bertz CT molecular complexity index is 664. The molecule has 0 atom stereocenters. The van der Waals surface area contributed by atoms with E-state index >= 15 is 0 Å². The van der Waals surface area contributed by atoms with Crippen LogP contribution in [0.25, 0.3) is 0 Å². The molecule has 4 nitrogen and oxygen atoms in total. The highest BCUT2D eigenvalue weighted by Crippen LogP contribution is 2.24. The Morgan fingerprint density at radius 2 is 1.96 bits per heavy atom. The number of nitrogens with one attached hydrogen (secondary N) is 1. The fraction of sp³-hybridized carbons (Fsp3) is 0.294. The van der Waals surface area contributed by atoms with Crippen LogP contribution in [0.3, 0.4) is 0 Å². The van der Waals surface area contributed by atoms with Crippen LogP contribution in [0.2, 0.25) is 0 Å². The summed E-state index contributed by atoms with van der Waals surface area (Å²) >= 11 is 1.64. The molecule has 1 N–H and O–H groups in total. The molecule has 1 heterocycles. The third kappa shape index (κ3) is 8.04. The van der Waals surface area contributed by atoms with Gasteiger partial charge in [0, 0.05) is 28.7 Å². The van der Waals surface area contributed by atoms with Gasteiger partial charge in [-0.2, -0.15) is 13.2 Å². The number of aromatic nitrogens is 1. The van der Waals surface area contributed by atoms with Gasteiger partial charge in [-0.25, -0.2) is 0 Å². The van der Waals surface area contributed by atoms with E-state index in [1.165, 1.54) is 0 Å². The van der Waals surface area contributed by atoms with Crippen molar-refractivity contribution in [3.05, 3.63) is 54.4 Å². The maximum absolute atomic E-state index is 11.9. The lowest BCUT2D eigenvalue weighted by Crippen LogP contribution is -2.20. The van der Waals surface area contributed by atoms with E-state index in [1.807, 2.05) is 30.5 Å². The molecule has 134 valence electrons. The van der Waals surface area contributed by atoms with Crippen LogP contribution in [0.5, 0.6) is 0 Å². The van der Waals surface area contributed by atoms with Gasteiger partial charge in [0.05, 0.1) is 13.0 Å². The van der Waals surface area contributed by atoms with Crippen LogP contribution in [0.1, 0.15) is 12.0 Å². The van der Waals surface area contributed by atoms with Gasteiger partial charge in [0.2, 0.25) is 5.91 Å². The van der Waals surface area contributed by atoms with E-state index in [0.717, 1.165) is 16.2 Å². The molecule has 1 aromatic heterocycles. The van der Waals surface area contributed by atoms with E-state index in [1.54, 1.807) is 30.1 Å². The number of hydrogen-bond donors (Lipinski definition) is 1. The van der Waals surface area contributed by atoms with Crippen molar-refractivity contribution in [1.82, 2.24) is 4.98 Å². The van der Waals surface area contributed by atoms with Crippen molar-refractivity contribution in [3.63, 3.8) is 0 Å². The van der Waals surface area contributed by atoms with Crippen LogP contribution in [0.4, 0.5) is 18.9 Å². The number of rotatable bonds is 8. The Kier molecular flexibility index (Phi) is 7.27. The molecule has 1 aromatic carbocycles. The van der Waals surface area contributed by atoms with Crippen LogP contribution in [0, 0.1) is 0 Å². The minimum Gasteiger partial charge on any atom is -0.372 e. The molecule has 0 saturated heterocycles. The van der Waals surface area contributed by atoms with Crippen molar-refractivity contribution >= 4 is 23.4 Å². The smallest absolute Gasteiger partial charge is 0.372 e. The SMILES string of the molecule is O=C(CCOCC(F)(F)F)Nc1ccc(SCc2cccnc2)cc1. The van der Waals surface area contributed by atoms with Crippen LogP contribution < -0.4 is 5.32 Å².